The van der Waals surface area contributed by atoms with Crippen LogP contribution >= 0.6 is 23.2 Å². The van der Waals surface area contributed by atoms with Crippen LogP contribution in [0.5, 0.6) is 0 Å². The van der Waals surface area contributed by atoms with E-state index in [9.17, 15) is 24.3 Å². The molecule has 0 aromatic carbocycles. The Labute approximate surface area is 359 Å². The molecule has 0 saturated heterocycles. The van der Waals surface area contributed by atoms with Crippen LogP contribution in [0.25, 0.3) is 5.82 Å². The smallest absolute Gasteiger partial charge is 0.309 e. The van der Waals surface area contributed by atoms with Crippen LogP contribution in [0.4, 0.5) is 0 Å². The lowest BCUT2D eigenvalue weighted by atomic mass is 9.34. The first kappa shape index (κ1) is 45.3. The molecule has 2 aromatic rings. The molecule has 0 amide bonds. The topological polar surface area (TPSA) is 159 Å². The number of carboxylic acid groups (broad SMARTS) is 1. The lowest BCUT2D eigenvalue weighted by Crippen LogP contribution is -2.66. The summed E-state index contributed by atoms with van der Waals surface area (Å²) in [7, 11) is 0. The predicted octanol–water partition coefficient (Wildman–Crippen LogP) is 9.16. The van der Waals surface area contributed by atoms with Gasteiger partial charge < -0.3 is 15.6 Å². The monoisotopic (exact) mass is 853 g/mol. The molecule has 0 bridgehead atoms. The Morgan fingerprint density at radius 2 is 1.76 bits per heavy atom. The summed E-state index contributed by atoms with van der Waals surface area (Å²) in [5.74, 6) is -0.756. The van der Waals surface area contributed by atoms with Crippen LogP contribution in [-0.4, -0.2) is 62.1 Å². The minimum absolute atomic E-state index is 0.0274. The van der Waals surface area contributed by atoms with Crippen molar-refractivity contribution >= 4 is 47.6 Å². The summed E-state index contributed by atoms with van der Waals surface area (Å²) in [4.78, 5) is 63.0. The summed E-state index contributed by atoms with van der Waals surface area (Å²) in [6, 6.07) is 3.39. The van der Waals surface area contributed by atoms with Crippen LogP contribution in [0, 0.1) is 39.4 Å². The molecule has 13 heteroatoms. The largest absolute Gasteiger partial charge is 0.481 e. The Balaban J connectivity index is 1.42. The molecule has 0 unspecified atom stereocenters. The number of rotatable bonds is 14. The third kappa shape index (κ3) is 6.97. The number of pyridine rings is 1. The maximum absolute atomic E-state index is 14.5. The second-order valence-electron chi connectivity index (χ2n) is 20.0. The van der Waals surface area contributed by atoms with E-state index >= 15 is 0 Å². The molecule has 2 aromatic heterocycles. The highest BCUT2D eigenvalue weighted by Crippen LogP contribution is 2.76. The number of carboxylic acids is 1. The van der Waals surface area contributed by atoms with Crippen LogP contribution in [0.3, 0.4) is 0 Å². The van der Waals surface area contributed by atoms with Crippen molar-refractivity contribution < 1.29 is 24.2 Å². The molecule has 3 N–H and O–H groups in total. The minimum atomic E-state index is -1.22. The molecule has 2 heterocycles. The van der Waals surface area contributed by atoms with E-state index in [0.29, 0.717) is 42.3 Å². The molecule has 11 nitrogen and oxygen atoms in total. The molecule has 6 rings (SSSR count). The van der Waals surface area contributed by atoms with Crippen LogP contribution < -0.4 is 11.3 Å². The highest BCUT2D eigenvalue weighted by atomic mass is 35.5. The maximum atomic E-state index is 14.5. The van der Waals surface area contributed by atoms with E-state index in [0.717, 1.165) is 49.7 Å². The lowest BCUT2D eigenvalue weighted by molar-refractivity contribution is -0.189. The summed E-state index contributed by atoms with van der Waals surface area (Å²) >= 11 is 13.4. The number of aromatic nitrogens is 3. The van der Waals surface area contributed by atoms with E-state index in [2.05, 4.69) is 53.2 Å². The minimum Gasteiger partial charge on any atom is -0.481 e. The first-order valence-corrected chi connectivity index (χ1v) is 22.3. The Hall–Kier alpha value is -3.28. The second kappa shape index (κ2) is 15.9. The van der Waals surface area contributed by atoms with Crippen LogP contribution in [0.2, 0.25) is 10.0 Å². The number of esters is 1. The standard InChI is InChI=1S/C46H65Cl2N5O6/c1-11-29(59-34(55)25-41(4,5)40(57)58)16-17-44(8)32-14-13-30-36-35(27(2)3)31(54)24-46(36,21-19-42(30,6)43(32,7)18-20-45(44,9)50-10)38-37(48)39(56)53(52(38)23-22-49)33-15-12-28(47)26-51-33/h12,15,26-27,29-30,32H,10-11,13-14,16-25,49H2,1-9H3,(H,57,58)/t29-,30-,32+,42-,43-,44-,45+,46-/m1/s1. The molecular weight excluding hydrogens is 789 g/mol. The van der Waals surface area contributed by atoms with Crippen LogP contribution in [0.15, 0.2) is 39.3 Å². The average molecular weight is 855 g/mol. The highest BCUT2D eigenvalue weighted by Gasteiger charge is 2.70. The van der Waals surface area contributed by atoms with Gasteiger partial charge >= 0.3 is 11.9 Å². The van der Waals surface area contributed by atoms with Gasteiger partial charge in [-0.3, -0.25) is 28.9 Å². The number of ether oxygens (including phenoxy) is 1. The van der Waals surface area contributed by atoms with Gasteiger partial charge in [-0.15, -0.1) is 0 Å². The SMILES string of the molecule is C=N[C@@]1(C)CC[C@]2(C)[C@H](CC[C@@H]3C4=C(C(C)C)C(=O)C[C@]4(c4c(Cl)c(=O)n(-c5ccc(Cl)cn5)n4CCN)CC[C@]32C)[C@@]1(C)CC[C@@H](CC)OC(=O)CC(C)(C)C(=O)O. The van der Waals surface area contributed by atoms with Gasteiger partial charge in [0.25, 0.3) is 5.56 Å². The average Bonchev–Trinajstić information content (AvgIpc) is 3.61. The number of aliphatic imine (C=N–C) groups is 1. The van der Waals surface area contributed by atoms with Crippen molar-refractivity contribution in [3.8, 4) is 5.82 Å². The lowest BCUT2D eigenvalue weighted by Gasteiger charge is -2.71. The number of Topliss-reactive ketones (excluding diaryl/α,β-unsaturated/α-hetero) is 1. The quantitative estimate of drug-likeness (QED) is 0.141. The van der Waals surface area contributed by atoms with Crippen molar-refractivity contribution in [1.29, 1.82) is 0 Å². The number of allylic oxidation sites excluding steroid dienone is 2. The third-order valence-corrected chi connectivity index (χ3v) is 16.9. The summed E-state index contributed by atoms with van der Waals surface area (Å²) in [5, 5.41) is 10.2. The number of fused-ring (bicyclic) bond motifs is 5. The third-order valence-electron chi connectivity index (χ3n) is 16.3. The van der Waals surface area contributed by atoms with E-state index in [-0.39, 0.29) is 70.3 Å². The fourth-order valence-electron chi connectivity index (χ4n) is 12.6. The van der Waals surface area contributed by atoms with Crippen LogP contribution in [0.1, 0.15) is 139 Å². The molecule has 0 aliphatic heterocycles. The van der Waals surface area contributed by atoms with E-state index in [1.54, 1.807) is 26.0 Å². The van der Waals surface area contributed by atoms with Gasteiger partial charge in [-0.1, -0.05) is 64.7 Å². The Morgan fingerprint density at radius 1 is 1.08 bits per heavy atom. The first-order valence-electron chi connectivity index (χ1n) is 21.5. The number of nitrogens with zero attached hydrogens (tertiary/aromatic N) is 4. The number of nitrogens with two attached hydrogens (primary N) is 1. The van der Waals surface area contributed by atoms with Crippen molar-refractivity contribution in [3.05, 3.63) is 55.6 Å². The number of hydrogen-bond acceptors (Lipinski definition) is 8. The van der Waals surface area contributed by atoms with Crippen molar-refractivity contribution in [3.63, 3.8) is 0 Å². The van der Waals surface area contributed by atoms with Crippen molar-refractivity contribution in [1.82, 2.24) is 14.3 Å². The Kier molecular flexibility index (Phi) is 12.2. The molecule has 3 fully saturated rings. The Morgan fingerprint density at radius 3 is 2.34 bits per heavy atom. The zero-order valence-corrected chi connectivity index (χ0v) is 38.1. The predicted molar refractivity (Wildman–Crippen MR) is 232 cm³/mol. The zero-order valence-electron chi connectivity index (χ0n) is 36.6. The maximum Gasteiger partial charge on any atom is 0.309 e. The van der Waals surface area contributed by atoms with Gasteiger partial charge in [0.2, 0.25) is 0 Å². The zero-order chi connectivity index (χ0) is 43.7. The number of aliphatic carboxylic acids is 1. The van der Waals surface area contributed by atoms with Gasteiger partial charge in [0, 0.05) is 24.6 Å². The molecule has 0 spiro atoms. The van der Waals surface area contributed by atoms with Crippen molar-refractivity contribution in [2.75, 3.05) is 6.54 Å². The molecule has 8 atom stereocenters. The Bertz CT molecular complexity index is 2110. The molecule has 4 aliphatic rings. The molecule has 324 valence electrons. The first-order chi connectivity index (χ1) is 27.5. The molecule has 4 aliphatic carbocycles. The number of carbonyl (C=O) groups is 3. The van der Waals surface area contributed by atoms with Crippen molar-refractivity contribution in [2.45, 2.75) is 157 Å². The summed E-state index contributed by atoms with van der Waals surface area (Å²) < 4.78 is 9.36. The molecule has 59 heavy (non-hydrogen) atoms. The number of halogens is 2. The number of carbonyl (C=O) groups excluding carboxylic acids is 2. The van der Waals surface area contributed by atoms with E-state index < -0.39 is 33.9 Å². The number of hydrogen-bond donors (Lipinski definition) is 2. The van der Waals surface area contributed by atoms with Gasteiger partial charge in [-0.25, -0.2) is 4.98 Å². The van der Waals surface area contributed by atoms with Gasteiger partial charge in [0.15, 0.2) is 11.6 Å². The highest BCUT2D eigenvalue weighted by molar-refractivity contribution is 6.31. The van der Waals surface area contributed by atoms with Gasteiger partial charge in [-0.2, -0.15) is 4.68 Å². The molecule has 3 saturated carbocycles. The van der Waals surface area contributed by atoms with Crippen molar-refractivity contribution in [2.24, 2.45) is 50.1 Å². The second-order valence-corrected chi connectivity index (χ2v) is 20.8. The fraction of sp³-hybridized carbons (Fsp3) is 0.696. The van der Waals surface area contributed by atoms with Gasteiger partial charge in [-0.05, 0) is 143 Å². The molecule has 0 radical (unpaired) electrons. The van der Waals surface area contributed by atoms with E-state index in [1.807, 2.05) is 11.6 Å². The van der Waals surface area contributed by atoms with Crippen LogP contribution in [-0.2, 0) is 31.1 Å². The normalized spacial score (nSPS) is 32.4. The van der Waals surface area contributed by atoms with E-state index in [1.165, 1.54) is 10.9 Å². The fourth-order valence-corrected chi connectivity index (χ4v) is 13.1. The van der Waals surface area contributed by atoms with Gasteiger partial charge in [0.1, 0.15) is 11.1 Å². The molecular formula is C46H65Cl2N5O6. The number of ketones is 1. The van der Waals surface area contributed by atoms with Gasteiger partial charge in [0.05, 0.1) is 34.6 Å². The summed E-state index contributed by atoms with van der Waals surface area (Å²) in [6.45, 7) is 23.5. The van der Waals surface area contributed by atoms with E-state index in [4.69, 9.17) is 38.7 Å². The summed E-state index contributed by atoms with van der Waals surface area (Å²) in [5.41, 5.74) is 5.43. The summed E-state index contributed by atoms with van der Waals surface area (Å²) in [6.07, 6.45) is 8.21.